The maximum absolute atomic E-state index is 11.9. The molecule has 134 valence electrons. The fourth-order valence-electron chi connectivity index (χ4n) is 1.73. The predicted octanol–water partition coefficient (Wildman–Crippen LogP) is 1.63. The molecule has 0 aliphatic heterocycles. The molecule has 0 rings (SSSR count). The summed E-state index contributed by atoms with van der Waals surface area (Å²) < 4.78 is 22.5. The van der Waals surface area contributed by atoms with Crippen molar-refractivity contribution in [1.82, 2.24) is 0 Å². The second-order valence-electron chi connectivity index (χ2n) is 6.32. The molecule has 0 aromatic carbocycles. The van der Waals surface area contributed by atoms with Crippen LogP contribution in [0, 0.1) is 0 Å². The molecule has 0 spiro atoms. The van der Waals surface area contributed by atoms with Gasteiger partial charge in [0.2, 0.25) is 0 Å². The standard InChI is InChI=1S/C13H30NO7P/c1-5-6-7-8-13(12(15)11-19-16)21-22(17,18)20-10-9-14(2,3)4/h12-13,15H,5-11H2,1-4H3,(H-,16,17,18)/p+1/t12-,13?/m0/s1. The number of quaternary nitrogens is 1. The van der Waals surface area contributed by atoms with E-state index in [2.05, 4.69) is 4.89 Å². The van der Waals surface area contributed by atoms with Crippen molar-refractivity contribution in [3.8, 4) is 0 Å². The second-order valence-corrected chi connectivity index (χ2v) is 7.72. The van der Waals surface area contributed by atoms with E-state index in [1.165, 1.54) is 0 Å². The van der Waals surface area contributed by atoms with Gasteiger partial charge in [0.15, 0.2) is 0 Å². The lowest BCUT2D eigenvalue weighted by Crippen LogP contribution is -2.37. The SMILES string of the molecule is CCCCCC(OP(=O)(O)OCC[N+](C)(C)C)[C@@H](O)COO. The molecule has 9 heteroatoms. The highest BCUT2D eigenvalue weighted by Crippen LogP contribution is 2.45. The van der Waals surface area contributed by atoms with Crippen LogP contribution < -0.4 is 0 Å². The Balaban J connectivity index is 4.49. The summed E-state index contributed by atoms with van der Waals surface area (Å²) in [7, 11) is 1.53. The van der Waals surface area contributed by atoms with Gasteiger partial charge < -0.3 is 14.5 Å². The number of phosphoric acid groups is 1. The van der Waals surface area contributed by atoms with E-state index in [4.69, 9.17) is 14.3 Å². The van der Waals surface area contributed by atoms with Crippen molar-refractivity contribution in [2.45, 2.75) is 44.8 Å². The Morgan fingerprint density at radius 1 is 1.23 bits per heavy atom. The van der Waals surface area contributed by atoms with E-state index in [0.717, 1.165) is 19.3 Å². The minimum atomic E-state index is -4.27. The van der Waals surface area contributed by atoms with Gasteiger partial charge in [-0.05, 0) is 6.42 Å². The largest absolute Gasteiger partial charge is 0.472 e. The van der Waals surface area contributed by atoms with Crippen LogP contribution in [0.4, 0.5) is 0 Å². The van der Waals surface area contributed by atoms with Gasteiger partial charge in [0.25, 0.3) is 0 Å². The van der Waals surface area contributed by atoms with Crippen molar-refractivity contribution in [3.05, 3.63) is 0 Å². The highest BCUT2D eigenvalue weighted by Gasteiger charge is 2.31. The predicted molar refractivity (Wildman–Crippen MR) is 82.3 cm³/mol. The molecule has 0 aliphatic carbocycles. The summed E-state index contributed by atoms with van der Waals surface area (Å²) >= 11 is 0. The number of aliphatic hydroxyl groups is 1. The molecule has 2 unspecified atom stereocenters. The number of phosphoric ester groups is 1. The molecule has 3 N–H and O–H groups in total. The maximum Gasteiger partial charge on any atom is 0.472 e. The number of hydrogen-bond acceptors (Lipinski definition) is 6. The molecular formula is C13H31NO7P+. The number of nitrogens with zero attached hydrogens (tertiary/aromatic N) is 1. The summed E-state index contributed by atoms with van der Waals surface area (Å²) in [6, 6.07) is 0. The first-order chi connectivity index (χ1) is 10.1. The van der Waals surface area contributed by atoms with Crippen LogP contribution in [-0.2, 0) is 18.5 Å². The zero-order valence-electron chi connectivity index (χ0n) is 14.0. The highest BCUT2D eigenvalue weighted by molar-refractivity contribution is 7.47. The topological polar surface area (TPSA) is 105 Å². The molecule has 0 radical (unpaired) electrons. The van der Waals surface area contributed by atoms with Crippen LogP contribution in [0.5, 0.6) is 0 Å². The number of aliphatic hydroxyl groups excluding tert-OH is 1. The molecule has 0 aliphatic rings. The minimum absolute atomic E-state index is 0.0611. The average Bonchev–Trinajstić information content (AvgIpc) is 2.36. The third-order valence-corrected chi connectivity index (χ3v) is 4.10. The van der Waals surface area contributed by atoms with Gasteiger partial charge in [-0.3, -0.25) is 14.3 Å². The summed E-state index contributed by atoms with van der Waals surface area (Å²) in [5, 5.41) is 18.2. The Hall–Kier alpha value is -0.0500. The zero-order valence-corrected chi connectivity index (χ0v) is 14.9. The Morgan fingerprint density at radius 2 is 1.86 bits per heavy atom. The smallest absolute Gasteiger partial charge is 0.388 e. The van der Waals surface area contributed by atoms with E-state index in [-0.39, 0.29) is 6.61 Å². The summed E-state index contributed by atoms with van der Waals surface area (Å²) in [5.74, 6) is 0. The van der Waals surface area contributed by atoms with Crippen molar-refractivity contribution < 1.29 is 38.2 Å². The first kappa shape index (κ1) is 21.9. The van der Waals surface area contributed by atoms with Crippen LogP contribution in [-0.4, -0.2) is 72.8 Å². The third kappa shape index (κ3) is 11.5. The molecule has 0 saturated heterocycles. The Kier molecular flexibility index (Phi) is 10.6. The van der Waals surface area contributed by atoms with Crippen LogP contribution in [0.2, 0.25) is 0 Å². The van der Waals surface area contributed by atoms with Crippen LogP contribution >= 0.6 is 7.82 Å². The van der Waals surface area contributed by atoms with Crippen molar-refractivity contribution in [3.63, 3.8) is 0 Å². The zero-order chi connectivity index (χ0) is 17.2. The molecule has 0 fully saturated rings. The van der Waals surface area contributed by atoms with Crippen LogP contribution in [0.15, 0.2) is 0 Å². The summed E-state index contributed by atoms with van der Waals surface area (Å²) in [6.45, 7) is 2.23. The van der Waals surface area contributed by atoms with E-state index in [0.29, 0.717) is 17.4 Å². The van der Waals surface area contributed by atoms with Gasteiger partial charge in [-0.25, -0.2) is 9.45 Å². The van der Waals surface area contributed by atoms with Crippen molar-refractivity contribution in [2.75, 3.05) is 40.9 Å². The van der Waals surface area contributed by atoms with E-state index in [1.807, 2.05) is 28.1 Å². The van der Waals surface area contributed by atoms with Gasteiger partial charge in [0, 0.05) is 0 Å². The highest BCUT2D eigenvalue weighted by atomic mass is 31.2. The molecular weight excluding hydrogens is 313 g/mol. The van der Waals surface area contributed by atoms with Gasteiger partial charge >= 0.3 is 7.82 Å². The quantitative estimate of drug-likeness (QED) is 0.153. The lowest BCUT2D eigenvalue weighted by Gasteiger charge is -2.26. The molecule has 0 aromatic rings. The molecule has 0 heterocycles. The van der Waals surface area contributed by atoms with Gasteiger partial charge in [-0.1, -0.05) is 26.2 Å². The Bertz CT molecular complexity index is 335. The molecule has 0 aromatic heterocycles. The minimum Gasteiger partial charge on any atom is -0.388 e. The van der Waals surface area contributed by atoms with Crippen LogP contribution in [0.1, 0.15) is 32.6 Å². The van der Waals surface area contributed by atoms with Crippen LogP contribution in [0.3, 0.4) is 0 Å². The molecule has 8 nitrogen and oxygen atoms in total. The van der Waals surface area contributed by atoms with E-state index in [1.54, 1.807) is 0 Å². The Morgan fingerprint density at radius 3 is 2.36 bits per heavy atom. The molecule has 0 amide bonds. The first-order valence-corrected chi connectivity index (χ1v) is 9.01. The van der Waals surface area contributed by atoms with Crippen molar-refractivity contribution >= 4 is 7.82 Å². The number of rotatable bonds is 13. The third-order valence-electron chi connectivity index (χ3n) is 3.05. The summed E-state index contributed by atoms with van der Waals surface area (Å²) in [4.78, 5) is 13.6. The molecule has 22 heavy (non-hydrogen) atoms. The van der Waals surface area contributed by atoms with Gasteiger partial charge in [-0.2, -0.15) is 0 Å². The van der Waals surface area contributed by atoms with E-state index in [9.17, 15) is 14.6 Å². The molecule has 0 saturated carbocycles. The average molecular weight is 344 g/mol. The maximum atomic E-state index is 11.9. The fraction of sp³-hybridized carbons (Fsp3) is 1.00. The molecule has 0 bridgehead atoms. The van der Waals surface area contributed by atoms with E-state index < -0.39 is 26.6 Å². The normalized spacial score (nSPS) is 18.0. The van der Waals surface area contributed by atoms with Gasteiger partial charge in [0.05, 0.1) is 27.2 Å². The monoisotopic (exact) mass is 344 g/mol. The summed E-state index contributed by atoms with van der Waals surface area (Å²) in [6.07, 6.45) is 0.841. The summed E-state index contributed by atoms with van der Waals surface area (Å²) in [5.41, 5.74) is 0. The van der Waals surface area contributed by atoms with Crippen molar-refractivity contribution in [1.29, 1.82) is 0 Å². The van der Waals surface area contributed by atoms with Crippen molar-refractivity contribution in [2.24, 2.45) is 0 Å². The van der Waals surface area contributed by atoms with Gasteiger partial charge in [0.1, 0.15) is 25.9 Å². The van der Waals surface area contributed by atoms with Gasteiger partial charge in [-0.15, -0.1) is 0 Å². The Labute approximate surface area is 132 Å². The number of unbranched alkanes of at least 4 members (excludes halogenated alkanes) is 2. The lowest BCUT2D eigenvalue weighted by atomic mass is 10.1. The molecule has 3 atom stereocenters. The first-order valence-electron chi connectivity index (χ1n) is 7.52. The number of likely N-dealkylation sites (N-methyl/N-ethyl adjacent to an activating group) is 1. The van der Waals surface area contributed by atoms with E-state index >= 15 is 0 Å². The second kappa shape index (κ2) is 10.7. The van der Waals surface area contributed by atoms with Crippen LogP contribution in [0.25, 0.3) is 0 Å². The lowest BCUT2D eigenvalue weighted by molar-refractivity contribution is -0.870. The fourth-order valence-corrected chi connectivity index (χ4v) is 2.69. The number of hydrogen-bond donors (Lipinski definition) is 3.